The van der Waals surface area contributed by atoms with Gasteiger partial charge in [0.05, 0.1) is 18.5 Å². The van der Waals surface area contributed by atoms with Crippen molar-refractivity contribution < 1.29 is 14.5 Å². The number of carbonyl (C=O) groups is 1. The summed E-state index contributed by atoms with van der Waals surface area (Å²) in [6, 6.07) is 12.2. The number of amides is 1. The van der Waals surface area contributed by atoms with E-state index < -0.39 is 4.92 Å². The number of nitro benzene ring substituents is 1. The van der Waals surface area contributed by atoms with E-state index in [0.717, 1.165) is 11.1 Å². The van der Waals surface area contributed by atoms with Crippen LogP contribution in [0, 0.1) is 10.1 Å². The van der Waals surface area contributed by atoms with Crippen LogP contribution < -0.4 is 9.64 Å². The third-order valence-electron chi connectivity index (χ3n) is 4.00. The molecule has 0 aromatic heterocycles. The van der Waals surface area contributed by atoms with Gasteiger partial charge in [0.15, 0.2) is 0 Å². The van der Waals surface area contributed by atoms with Crippen LogP contribution in [0.3, 0.4) is 0 Å². The summed E-state index contributed by atoms with van der Waals surface area (Å²) in [5.41, 5.74) is 2.02. The van der Waals surface area contributed by atoms with E-state index in [9.17, 15) is 14.9 Å². The Balaban J connectivity index is 1.91. The molecule has 1 heterocycles. The highest BCUT2D eigenvalue weighted by Gasteiger charge is 2.32. The average Bonchev–Trinajstić information content (AvgIpc) is 2.99. The summed E-state index contributed by atoms with van der Waals surface area (Å²) < 4.78 is 5.26. The van der Waals surface area contributed by atoms with Crippen molar-refractivity contribution in [3.63, 3.8) is 0 Å². The molecular formula is C17H16N2O4. The number of benzene rings is 2. The molecule has 2 aromatic carbocycles. The Kier molecular flexibility index (Phi) is 3.97. The number of para-hydroxylation sites is 2. The minimum absolute atomic E-state index is 0.0200. The zero-order valence-corrected chi connectivity index (χ0v) is 12.7. The molecular weight excluding hydrogens is 296 g/mol. The molecule has 0 unspecified atom stereocenters. The second-order valence-electron chi connectivity index (χ2n) is 5.33. The van der Waals surface area contributed by atoms with Crippen LogP contribution in [0.5, 0.6) is 5.75 Å². The third kappa shape index (κ3) is 2.75. The molecule has 0 bridgehead atoms. The quantitative estimate of drug-likeness (QED) is 0.643. The highest BCUT2D eigenvalue weighted by atomic mass is 16.6. The first kappa shape index (κ1) is 15.0. The number of hydrogen-bond acceptors (Lipinski definition) is 4. The summed E-state index contributed by atoms with van der Waals surface area (Å²) in [5, 5.41) is 11.2. The first-order valence-electron chi connectivity index (χ1n) is 7.30. The van der Waals surface area contributed by atoms with Crippen molar-refractivity contribution in [2.45, 2.75) is 12.8 Å². The van der Waals surface area contributed by atoms with Gasteiger partial charge in [-0.2, -0.15) is 0 Å². The molecule has 0 fully saturated rings. The molecule has 0 N–H and O–H groups in total. The zero-order chi connectivity index (χ0) is 16.4. The van der Waals surface area contributed by atoms with Crippen LogP contribution in [-0.2, 0) is 17.6 Å². The molecule has 0 atom stereocenters. The zero-order valence-electron chi connectivity index (χ0n) is 12.7. The van der Waals surface area contributed by atoms with Crippen LogP contribution in [-0.4, -0.2) is 24.5 Å². The Morgan fingerprint density at radius 2 is 2.04 bits per heavy atom. The summed E-state index contributed by atoms with van der Waals surface area (Å²) in [6.07, 6.45) is 0.782. The summed E-state index contributed by atoms with van der Waals surface area (Å²) in [6.45, 7) is 0.466. The second-order valence-corrected chi connectivity index (χ2v) is 5.33. The van der Waals surface area contributed by atoms with E-state index in [2.05, 4.69) is 0 Å². The number of fused-ring (bicyclic) bond motifs is 1. The summed E-state index contributed by atoms with van der Waals surface area (Å²) in [4.78, 5) is 25.0. The smallest absolute Gasteiger partial charge is 0.293 e. The summed E-state index contributed by atoms with van der Waals surface area (Å²) in [5.74, 6) is 0.477. The standard InChI is InChI=1S/C17H16N2O4/c1-23-15-8-3-2-5-13(15)11-16(20)18-10-9-12-6-4-7-14(17(12)18)19(21)22/h2-8H,9-11H2,1H3. The Bertz CT molecular complexity index is 773. The number of nitro groups is 1. The average molecular weight is 312 g/mol. The van der Waals surface area contributed by atoms with Crippen molar-refractivity contribution in [3.05, 3.63) is 63.7 Å². The fourth-order valence-electron chi connectivity index (χ4n) is 2.94. The van der Waals surface area contributed by atoms with Gasteiger partial charge in [0.25, 0.3) is 5.69 Å². The molecule has 6 heteroatoms. The van der Waals surface area contributed by atoms with Gasteiger partial charge in [-0.1, -0.05) is 30.3 Å². The minimum atomic E-state index is -0.437. The molecule has 3 rings (SSSR count). The van der Waals surface area contributed by atoms with Crippen LogP contribution in [0.25, 0.3) is 0 Å². The van der Waals surface area contributed by atoms with Crippen molar-refractivity contribution >= 4 is 17.3 Å². The summed E-state index contributed by atoms with van der Waals surface area (Å²) >= 11 is 0. The van der Waals surface area contributed by atoms with Crippen LogP contribution >= 0.6 is 0 Å². The number of hydrogen-bond donors (Lipinski definition) is 0. The number of carbonyl (C=O) groups excluding carboxylic acids is 1. The molecule has 118 valence electrons. The maximum absolute atomic E-state index is 12.7. The van der Waals surface area contributed by atoms with Crippen LogP contribution in [0.2, 0.25) is 0 Å². The van der Waals surface area contributed by atoms with E-state index in [1.165, 1.54) is 11.0 Å². The Morgan fingerprint density at radius 3 is 2.78 bits per heavy atom. The van der Waals surface area contributed by atoms with Crippen molar-refractivity contribution in [2.24, 2.45) is 0 Å². The van der Waals surface area contributed by atoms with Crippen LogP contribution in [0.4, 0.5) is 11.4 Å². The number of methoxy groups -OCH3 is 1. The first-order chi connectivity index (χ1) is 11.1. The molecule has 1 aliphatic heterocycles. The monoisotopic (exact) mass is 312 g/mol. The number of nitrogens with zero attached hydrogens (tertiary/aromatic N) is 2. The predicted octanol–water partition coefficient (Wildman–Crippen LogP) is 2.74. The molecule has 23 heavy (non-hydrogen) atoms. The molecule has 0 spiro atoms. The molecule has 1 aliphatic rings. The Hall–Kier alpha value is -2.89. The van der Waals surface area contributed by atoms with Gasteiger partial charge in [0, 0.05) is 18.2 Å². The van der Waals surface area contributed by atoms with Crippen molar-refractivity contribution in [1.29, 1.82) is 0 Å². The van der Waals surface area contributed by atoms with Crippen molar-refractivity contribution in [1.82, 2.24) is 0 Å². The van der Waals surface area contributed by atoms with Gasteiger partial charge in [-0.15, -0.1) is 0 Å². The van der Waals surface area contributed by atoms with E-state index in [0.29, 0.717) is 24.4 Å². The van der Waals surface area contributed by atoms with Crippen molar-refractivity contribution in [2.75, 3.05) is 18.6 Å². The van der Waals surface area contributed by atoms with Gasteiger partial charge in [-0.05, 0) is 18.1 Å². The normalized spacial score (nSPS) is 12.8. The largest absolute Gasteiger partial charge is 0.496 e. The Labute approximate surface area is 133 Å². The van der Waals surface area contributed by atoms with Gasteiger partial charge in [-0.25, -0.2) is 0 Å². The van der Waals surface area contributed by atoms with Crippen LogP contribution in [0.15, 0.2) is 42.5 Å². The second kappa shape index (κ2) is 6.08. The van der Waals surface area contributed by atoms with Crippen LogP contribution in [0.1, 0.15) is 11.1 Å². The maximum Gasteiger partial charge on any atom is 0.293 e. The van der Waals surface area contributed by atoms with Gasteiger partial charge in [0.1, 0.15) is 11.4 Å². The maximum atomic E-state index is 12.7. The molecule has 6 nitrogen and oxygen atoms in total. The number of anilines is 1. The van der Waals surface area contributed by atoms with E-state index in [4.69, 9.17) is 4.74 Å². The number of rotatable bonds is 4. The lowest BCUT2D eigenvalue weighted by molar-refractivity contribution is -0.384. The molecule has 0 saturated heterocycles. The minimum Gasteiger partial charge on any atom is -0.496 e. The molecule has 0 aliphatic carbocycles. The fraction of sp³-hybridized carbons (Fsp3) is 0.235. The predicted molar refractivity (Wildman–Crippen MR) is 85.9 cm³/mol. The highest BCUT2D eigenvalue weighted by molar-refractivity contribution is 5.99. The third-order valence-corrected chi connectivity index (χ3v) is 4.00. The van der Waals surface area contributed by atoms with Gasteiger partial charge < -0.3 is 9.64 Å². The Morgan fingerprint density at radius 1 is 1.26 bits per heavy atom. The van der Waals surface area contributed by atoms with E-state index in [-0.39, 0.29) is 18.0 Å². The SMILES string of the molecule is COc1ccccc1CC(=O)N1CCc2cccc([N+](=O)[O-])c21. The highest BCUT2D eigenvalue weighted by Crippen LogP contribution is 2.37. The van der Waals surface area contributed by atoms with Gasteiger partial charge in [0.2, 0.25) is 5.91 Å². The van der Waals surface area contributed by atoms with Gasteiger partial charge >= 0.3 is 0 Å². The summed E-state index contributed by atoms with van der Waals surface area (Å²) in [7, 11) is 1.55. The fourth-order valence-corrected chi connectivity index (χ4v) is 2.94. The molecule has 1 amide bonds. The lowest BCUT2D eigenvalue weighted by Crippen LogP contribution is -2.31. The van der Waals surface area contributed by atoms with Gasteiger partial charge in [-0.3, -0.25) is 14.9 Å². The first-order valence-corrected chi connectivity index (χ1v) is 7.30. The lowest BCUT2D eigenvalue weighted by Gasteiger charge is -2.18. The molecule has 0 radical (unpaired) electrons. The molecule has 0 saturated carbocycles. The van der Waals surface area contributed by atoms with E-state index in [1.807, 2.05) is 24.3 Å². The lowest BCUT2D eigenvalue weighted by atomic mass is 10.1. The molecule has 2 aromatic rings. The van der Waals surface area contributed by atoms with E-state index >= 15 is 0 Å². The van der Waals surface area contributed by atoms with E-state index in [1.54, 1.807) is 19.2 Å². The topological polar surface area (TPSA) is 72.7 Å². The van der Waals surface area contributed by atoms with Crippen molar-refractivity contribution in [3.8, 4) is 5.75 Å². The number of ether oxygens (including phenoxy) is 1.